The standard InChI is InChI=1S/C19H22N2O3S.ClH/c20-15-3-1-14(2-4-15)7-9-21-19(22)8-12-25-16-5-6-17-18(13-16)24-11-10-23-17;/h1-6,13H,7-12,20H2,(H,21,22);1H. The summed E-state index contributed by atoms with van der Waals surface area (Å²) in [5, 5.41) is 2.95. The van der Waals surface area contributed by atoms with Crippen LogP contribution in [0.3, 0.4) is 0 Å². The number of amides is 1. The quantitative estimate of drug-likeness (QED) is 0.556. The van der Waals surface area contributed by atoms with E-state index in [2.05, 4.69) is 5.32 Å². The van der Waals surface area contributed by atoms with E-state index in [9.17, 15) is 4.79 Å². The Morgan fingerprint density at radius 2 is 1.81 bits per heavy atom. The highest BCUT2D eigenvalue weighted by Gasteiger charge is 2.12. The van der Waals surface area contributed by atoms with Gasteiger partial charge in [0.1, 0.15) is 13.2 Å². The van der Waals surface area contributed by atoms with Gasteiger partial charge in [-0.3, -0.25) is 4.79 Å². The van der Waals surface area contributed by atoms with Crippen molar-refractivity contribution in [1.29, 1.82) is 0 Å². The van der Waals surface area contributed by atoms with Gasteiger partial charge in [0, 0.05) is 29.3 Å². The first-order valence-electron chi connectivity index (χ1n) is 8.34. The summed E-state index contributed by atoms with van der Waals surface area (Å²) in [5.41, 5.74) is 7.58. The first kappa shape index (κ1) is 20.3. The molecule has 0 saturated heterocycles. The van der Waals surface area contributed by atoms with Crippen molar-refractivity contribution in [3.8, 4) is 11.5 Å². The number of rotatable bonds is 7. The fourth-order valence-electron chi connectivity index (χ4n) is 2.49. The van der Waals surface area contributed by atoms with Crippen LogP contribution in [0.25, 0.3) is 0 Å². The van der Waals surface area contributed by atoms with Gasteiger partial charge in [-0.15, -0.1) is 24.2 Å². The normalized spacial score (nSPS) is 12.2. The summed E-state index contributed by atoms with van der Waals surface area (Å²) in [5.74, 6) is 2.37. The third-order valence-electron chi connectivity index (χ3n) is 3.83. The van der Waals surface area contributed by atoms with Crippen LogP contribution in [0.1, 0.15) is 12.0 Å². The number of halogens is 1. The number of fused-ring (bicyclic) bond motifs is 1. The number of benzene rings is 2. The summed E-state index contributed by atoms with van der Waals surface area (Å²) >= 11 is 1.64. The van der Waals surface area contributed by atoms with E-state index in [-0.39, 0.29) is 18.3 Å². The summed E-state index contributed by atoms with van der Waals surface area (Å²) in [6.07, 6.45) is 1.29. The summed E-state index contributed by atoms with van der Waals surface area (Å²) in [6, 6.07) is 13.6. The van der Waals surface area contributed by atoms with Gasteiger partial charge in [0.25, 0.3) is 0 Å². The minimum absolute atomic E-state index is 0. The van der Waals surface area contributed by atoms with Crippen LogP contribution in [0.5, 0.6) is 11.5 Å². The molecule has 2 aromatic carbocycles. The molecular formula is C19H23ClN2O3S. The number of anilines is 1. The molecule has 3 rings (SSSR count). The van der Waals surface area contributed by atoms with Gasteiger partial charge in [-0.1, -0.05) is 12.1 Å². The van der Waals surface area contributed by atoms with Gasteiger partial charge < -0.3 is 20.5 Å². The topological polar surface area (TPSA) is 73.6 Å². The van der Waals surface area contributed by atoms with E-state index < -0.39 is 0 Å². The van der Waals surface area contributed by atoms with E-state index >= 15 is 0 Å². The third kappa shape index (κ3) is 6.04. The molecule has 140 valence electrons. The molecule has 0 aliphatic carbocycles. The number of carbonyl (C=O) groups is 1. The van der Waals surface area contributed by atoms with E-state index in [4.69, 9.17) is 15.2 Å². The molecule has 0 atom stereocenters. The molecule has 26 heavy (non-hydrogen) atoms. The van der Waals surface area contributed by atoms with Crippen molar-refractivity contribution in [1.82, 2.24) is 5.32 Å². The molecule has 5 nitrogen and oxygen atoms in total. The molecule has 0 fully saturated rings. The second-order valence-corrected chi connectivity index (χ2v) is 6.91. The van der Waals surface area contributed by atoms with Crippen LogP contribution in [-0.2, 0) is 11.2 Å². The molecular weight excluding hydrogens is 372 g/mol. The molecule has 1 aliphatic rings. The highest BCUT2D eigenvalue weighted by molar-refractivity contribution is 7.99. The lowest BCUT2D eigenvalue weighted by molar-refractivity contribution is -0.120. The lowest BCUT2D eigenvalue weighted by Gasteiger charge is -2.18. The molecule has 0 saturated carbocycles. The average molecular weight is 395 g/mol. The Hall–Kier alpha value is -2.05. The Kier molecular flexibility index (Phi) is 7.94. The maximum atomic E-state index is 11.9. The maximum Gasteiger partial charge on any atom is 0.220 e. The molecule has 0 radical (unpaired) electrons. The van der Waals surface area contributed by atoms with Crippen LogP contribution in [0.4, 0.5) is 5.69 Å². The number of thioether (sulfide) groups is 1. The summed E-state index contributed by atoms with van der Waals surface area (Å²) in [7, 11) is 0. The minimum atomic E-state index is 0. The maximum absolute atomic E-state index is 11.9. The van der Waals surface area contributed by atoms with Crippen molar-refractivity contribution in [3.05, 3.63) is 48.0 Å². The Bertz CT molecular complexity index is 725. The zero-order chi connectivity index (χ0) is 17.5. The lowest BCUT2D eigenvalue weighted by Crippen LogP contribution is -2.25. The molecule has 2 aromatic rings. The zero-order valence-electron chi connectivity index (χ0n) is 14.4. The van der Waals surface area contributed by atoms with Gasteiger partial charge in [-0.25, -0.2) is 0 Å². The highest BCUT2D eigenvalue weighted by atomic mass is 35.5. The zero-order valence-corrected chi connectivity index (χ0v) is 16.0. The second kappa shape index (κ2) is 10.2. The third-order valence-corrected chi connectivity index (χ3v) is 4.82. The van der Waals surface area contributed by atoms with Crippen molar-refractivity contribution >= 4 is 35.8 Å². The predicted octanol–water partition coefficient (Wildman–Crippen LogP) is 3.30. The van der Waals surface area contributed by atoms with E-state index in [1.165, 1.54) is 5.56 Å². The van der Waals surface area contributed by atoms with Gasteiger partial charge in [0.05, 0.1) is 0 Å². The molecule has 7 heteroatoms. The number of hydrogen-bond acceptors (Lipinski definition) is 5. The van der Waals surface area contributed by atoms with Gasteiger partial charge >= 0.3 is 0 Å². The molecule has 0 bridgehead atoms. The van der Waals surface area contributed by atoms with Crippen LogP contribution >= 0.6 is 24.2 Å². The Balaban J connectivity index is 0.00000243. The molecule has 1 aliphatic heterocycles. The van der Waals surface area contributed by atoms with Gasteiger partial charge in [-0.05, 0) is 42.3 Å². The molecule has 0 spiro atoms. The molecule has 1 heterocycles. The van der Waals surface area contributed by atoms with Crippen LogP contribution in [-0.4, -0.2) is 31.4 Å². The van der Waals surface area contributed by atoms with Crippen molar-refractivity contribution in [2.24, 2.45) is 0 Å². The molecule has 3 N–H and O–H groups in total. The van der Waals surface area contributed by atoms with Gasteiger partial charge in [-0.2, -0.15) is 0 Å². The minimum Gasteiger partial charge on any atom is -0.486 e. The smallest absolute Gasteiger partial charge is 0.220 e. The molecule has 1 amide bonds. The monoisotopic (exact) mass is 394 g/mol. The van der Waals surface area contributed by atoms with E-state index in [0.717, 1.165) is 34.3 Å². The first-order chi connectivity index (χ1) is 12.2. The summed E-state index contributed by atoms with van der Waals surface area (Å²) in [6.45, 7) is 1.81. The van der Waals surface area contributed by atoms with Gasteiger partial charge in [0.2, 0.25) is 5.91 Å². The fourth-order valence-corrected chi connectivity index (χ4v) is 3.37. The second-order valence-electron chi connectivity index (χ2n) is 5.75. The van der Waals surface area contributed by atoms with Crippen LogP contribution in [0, 0.1) is 0 Å². The van der Waals surface area contributed by atoms with E-state index in [1.807, 2.05) is 42.5 Å². The van der Waals surface area contributed by atoms with Crippen molar-refractivity contribution in [2.75, 3.05) is 31.2 Å². The number of nitrogens with two attached hydrogens (primary N) is 1. The number of nitrogens with one attached hydrogen (secondary N) is 1. The van der Waals surface area contributed by atoms with Crippen LogP contribution < -0.4 is 20.5 Å². The molecule has 0 unspecified atom stereocenters. The number of carbonyl (C=O) groups excluding carboxylic acids is 1. The SMILES string of the molecule is Cl.Nc1ccc(CCNC(=O)CCSc2ccc3c(c2)OCCO3)cc1. The Morgan fingerprint density at radius 3 is 2.58 bits per heavy atom. The van der Waals surface area contributed by atoms with Gasteiger partial charge in [0.15, 0.2) is 11.5 Å². The Morgan fingerprint density at radius 1 is 1.08 bits per heavy atom. The number of ether oxygens (including phenoxy) is 2. The largest absolute Gasteiger partial charge is 0.486 e. The van der Waals surface area contributed by atoms with Crippen LogP contribution in [0.15, 0.2) is 47.4 Å². The van der Waals surface area contributed by atoms with E-state index in [1.54, 1.807) is 11.8 Å². The number of nitrogen functional groups attached to an aromatic ring is 1. The molecule has 0 aromatic heterocycles. The highest BCUT2D eigenvalue weighted by Crippen LogP contribution is 2.34. The van der Waals surface area contributed by atoms with Crippen molar-refractivity contribution < 1.29 is 14.3 Å². The Labute approximate surface area is 164 Å². The van der Waals surface area contributed by atoms with Crippen molar-refractivity contribution in [3.63, 3.8) is 0 Å². The van der Waals surface area contributed by atoms with Crippen LogP contribution in [0.2, 0.25) is 0 Å². The first-order valence-corrected chi connectivity index (χ1v) is 9.33. The fraction of sp³-hybridized carbons (Fsp3) is 0.316. The van der Waals surface area contributed by atoms with Crippen molar-refractivity contribution in [2.45, 2.75) is 17.7 Å². The summed E-state index contributed by atoms with van der Waals surface area (Å²) < 4.78 is 11.1. The lowest BCUT2D eigenvalue weighted by atomic mass is 10.1. The summed E-state index contributed by atoms with van der Waals surface area (Å²) in [4.78, 5) is 13.0. The number of hydrogen-bond donors (Lipinski definition) is 2. The average Bonchev–Trinajstić information content (AvgIpc) is 2.63. The van der Waals surface area contributed by atoms with E-state index in [0.29, 0.717) is 26.2 Å². The predicted molar refractivity (Wildman–Crippen MR) is 108 cm³/mol.